The highest BCUT2D eigenvalue weighted by Gasteiger charge is 2.16. The second kappa shape index (κ2) is 4.66. The summed E-state index contributed by atoms with van der Waals surface area (Å²) in [7, 11) is 1.72. The molecule has 0 radical (unpaired) electrons. The van der Waals surface area contributed by atoms with Crippen molar-refractivity contribution < 1.29 is 15.0 Å². The van der Waals surface area contributed by atoms with Crippen molar-refractivity contribution in [2.24, 2.45) is 7.05 Å². The number of hydrogen-bond donors (Lipinski definition) is 3. The largest absolute Gasteiger partial charge is 0.508 e. The number of carbonyl (C=O) groups is 1. The van der Waals surface area contributed by atoms with Crippen molar-refractivity contribution in [1.82, 2.24) is 9.55 Å². The third-order valence-electron chi connectivity index (χ3n) is 2.75. The van der Waals surface area contributed by atoms with Crippen molar-refractivity contribution in [2.45, 2.75) is 6.42 Å². The Morgan fingerprint density at radius 3 is 2.56 bits per heavy atom. The molecule has 0 aliphatic heterocycles. The van der Waals surface area contributed by atoms with Crippen LogP contribution in [0.15, 0.2) is 24.3 Å². The van der Waals surface area contributed by atoms with Crippen LogP contribution in [-0.4, -0.2) is 25.7 Å². The van der Waals surface area contributed by atoms with Crippen molar-refractivity contribution >= 4 is 18.2 Å². The van der Waals surface area contributed by atoms with Crippen LogP contribution in [0.1, 0.15) is 21.7 Å². The van der Waals surface area contributed by atoms with E-state index in [2.05, 4.69) is 4.98 Å². The number of phenols is 1. The van der Waals surface area contributed by atoms with Crippen LogP contribution in [0.25, 0.3) is 0 Å². The number of imidazole rings is 1. The topological polar surface area (TPSA) is 78.2 Å². The van der Waals surface area contributed by atoms with Gasteiger partial charge in [-0.05, 0) is 29.9 Å². The highest BCUT2D eigenvalue weighted by molar-refractivity contribution is 7.71. The monoisotopic (exact) mass is 264 g/mol. The molecule has 1 aromatic carbocycles. The zero-order chi connectivity index (χ0) is 13.3. The van der Waals surface area contributed by atoms with Gasteiger partial charge in [-0.3, -0.25) is 0 Å². The van der Waals surface area contributed by atoms with Gasteiger partial charge in [0.1, 0.15) is 11.4 Å². The van der Waals surface area contributed by atoms with Gasteiger partial charge in [0.05, 0.1) is 5.69 Å². The normalized spacial score (nSPS) is 10.5. The minimum absolute atomic E-state index is 0.107. The molecule has 0 atom stereocenters. The maximum atomic E-state index is 11.1. The average Bonchev–Trinajstić information content (AvgIpc) is 2.60. The number of nitrogens with zero attached hydrogens (tertiary/aromatic N) is 1. The Labute approximate surface area is 108 Å². The zero-order valence-corrected chi connectivity index (χ0v) is 10.5. The first-order valence-corrected chi connectivity index (χ1v) is 5.69. The lowest BCUT2D eigenvalue weighted by Crippen LogP contribution is -2.05. The Bertz CT molecular complexity index is 640. The molecule has 0 aliphatic rings. The number of nitrogens with one attached hydrogen (secondary N) is 1. The van der Waals surface area contributed by atoms with Gasteiger partial charge in [0.2, 0.25) is 0 Å². The second-order valence-electron chi connectivity index (χ2n) is 3.96. The molecule has 0 unspecified atom stereocenters. The molecule has 5 nitrogen and oxygen atoms in total. The fourth-order valence-corrected chi connectivity index (χ4v) is 1.96. The highest BCUT2D eigenvalue weighted by atomic mass is 32.1. The molecule has 6 heteroatoms. The van der Waals surface area contributed by atoms with E-state index < -0.39 is 5.97 Å². The molecule has 0 amide bonds. The number of aromatic carboxylic acids is 1. The van der Waals surface area contributed by atoms with Crippen LogP contribution in [0.3, 0.4) is 0 Å². The van der Waals surface area contributed by atoms with E-state index in [1.807, 2.05) is 0 Å². The fraction of sp³-hybridized carbons (Fsp3) is 0.167. The standard InChI is InChI=1S/C12H12N2O3S/c1-14-9(10(11(16)17)13-12(14)18)6-7-2-4-8(15)5-3-7/h2-5,15H,6H2,1H3,(H,13,18)(H,16,17). The van der Waals surface area contributed by atoms with Gasteiger partial charge < -0.3 is 19.8 Å². The third-order valence-corrected chi connectivity index (χ3v) is 3.13. The van der Waals surface area contributed by atoms with E-state index in [0.29, 0.717) is 16.9 Å². The summed E-state index contributed by atoms with van der Waals surface area (Å²) in [5.74, 6) is -0.852. The predicted molar refractivity (Wildman–Crippen MR) is 68.5 cm³/mol. The van der Waals surface area contributed by atoms with Crippen LogP contribution in [0.5, 0.6) is 5.75 Å². The lowest BCUT2D eigenvalue weighted by molar-refractivity contribution is 0.0689. The lowest BCUT2D eigenvalue weighted by Gasteiger charge is -2.04. The molecule has 2 rings (SSSR count). The smallest absolute Gasteiger partial charge is 0.354 e. The fourth-order valence-electron chi connectivity index (χ4n) is 1.74. The molecule has 94 valence electrons. The van der Waals surface area contributed by atoms with Crippen molar-refractivity contribution in [3.63, 3.8) is 0 Å². The molecular weight excluding hydrogens is 252 g/mol. The summed E-state index contributed by atoms with van der Waals surface area (Å²) >= 11 is 5.02. The molecule has 0 saturated carbocycles. The lowest BCUT2D eigenvalue weighted by atomic mass is 10.1. The number of benzene rings is 1. The Morgan fingerprint density at radius 1 is 1.39 bits per heavy atom. The van der Waals surface area contributed by atoms with E-state index in [9.17, 15) is 9.90 Å². The highest BCUT2D eigenvalue weighted by Crippen LogP contribution is 2.16. The molecule has 18 heavy (non-hydrogen) atoms. The molecule has 0 saturated heterocycles. The number of carboxylic acids is 1. The number of rotatable bonds is 3. The van der Waals surface area contributed by atoms with Gasteiger partial charge in [0.25, 0.3) is 0 Å². The van der Waals surface area contributed by atoms with Crippen LogP contribution in [0.2, 0.25) is 0 Å². The number of phenolic OH excluding ortho intramolecular Hbond substituents is 1. The first-order chi connectivity index (χ1) is 8.49. The Morgan fingerprint density at radius 2 is 2.00 bits per heavy atom. The van der Waals surface area contributed by atoms with Gasteiger partial charge >= 0.3 is 5.97 Å². The number of hydrogen-bond acceptors (Lipinski definition) is 3. The van der Waals surface area contributed by atoms with Crippen molar-refractivity contribution in [3.8, 4) is 5.75 Å². The SMILES string of the molecule is Cn1c(Cc2ccc(O)cc2)c(C(=O)O)[nH]c1=S. The number of aromatic amines is 1. The first kappa shape index (κ1) is 12.4. The molecular formula is C12H12N2O3S. The summed E-state index contributed by atoms with van der Waals surface area (Å²) in [5, 5.41) is 18.3. The van der Waals surface area contributed by atoms with Crippen LogP contribution in [0, 0.1) is 4.77 Å². The number of aromatic nitrogens is 2. The van der Waals surface area contributed by atoms with Crippen LogP contribution in [0.4, 0.5) is 0 Å². The van der Waals surface area contributed by atoms with E-state index in [1.165, 1.54) is 0 Å². The molecule has 0 bridgehead atoms. The predicted octanol–water partition coefficient (Wildman–Crippen LogP) is 2.08. The van der Waals surface area contributed by atoms with Crippen LogP contribution >= 0.6 is 12.2 Å². The van der Waals surface area contributed by atoms with E-state index >= 15 is 0 Å². The summed E-state index contributed by atoms with van der Waals surface area (Å²) in [6, 6.07) is 6.63. The first-order valence-electron chi connectivity index (χ1n) is 5.28. The Kier molecular flexibility index (Phi) is 3.20. The Balaban J connectivity index is 2.42. The second-order valence-corrected chi connectivity index (χ2v) is 4.35. The van der Waals surface area contributed by atoms with Crippen molar-refractivity contribution in [3.05, 3.63) is 46.0 Å². The molecule has 1 heterocycles. The maximum Gasteiger partial charge on any atom is 0.354 e. The van der Waals surface area contributed by atoms with Crippen LogP contribution < -0.4 is 0 Å². The number of H-pyrrole nitrogens is 1. The minimum atomic E-state index is -1.03. The molecule has 0 spiro atoms. The molecule has 0 fully saturated rings. The van der Waals surface area contributed by atoms with Gasteiger partial charge in [-0.2, -0.15) is 0 Å². The average molecular weight is 264 g/mol. The molecule has 2 aromatic rings. The van der Waals surface area contributed by atoms with Gasteiger partial charge in [-0.1, -0.05) is 12.1 Å². The maximum absolute atomic E-state index is 11.1. The quantitative estimate of drug-likeness (QED) is 0.742. The number of carboxylic acid groups (broad SMARTS) is 1. The summed E-state index contributed by atoms with van der Waals surface area (Å²) < 4.78 is 2.02. The molecule has 0 aliphatic carbocycles. The summed E-state index contributed by atoms with van der Waals surface area (Å²) in [5.41, 5.74) is 1.62. The van der Waals surface area contributed by atoms with Crippen molar-refractivity contribution in [1.29, 1.82) is 0 Å². The third kappa shape index (κ3) is 2.28. The van der Waals surface area contributed by atoms with Gasteiger partial charge in [-0.25, -0.2) is 4.79 Å². The van der Waals surface area contributed by atoms with Crippen LogP contribution in [-0.2, 0) is 13.5 Å². The number of aromatic hydroxyl groups is 1. The van der Waals surface area contributed by atoms with E-state index in [1.54, 1.807) is 35.9 Å². The van der Waals surface area contributed by atoms with Crippen molar-refractivity contribution in [2.75, 3.05) is 0 Å². The van der Waals surface area contributed by atoms with Gasteiger partial charge in [-0.15, -0.1) is 0 Å². The van der Waals surface area contributed by atoms with E-state index in [0.717, 1.165) is 5.56 Å². The summed E-state index contributed by atoms with van der Waals surface area (Å²) in [6.45, 7) is 0. The zero-order valence-electron chi connectivity index (χ0n) is 9.67. The van der Waals surface area contributed by atoms with E-state index in [-0.39, 0.29) is 11.4 Å². The molecule has 3 N–H and O–H groups in total. The molecule has 1 aromatic heterocycles. The minimum Gasteiger partial charge on any atom is -0.508 e. The Hall–Kier alpha value is -2.08. The summed E-state index contributed by atoms with van der Waals surface area (Å²) in [6.07, 6.45) is 0.436. The summed E-state index contributed by atoms with van der Waals surface area (Å²) in [4.78, 5) is 13.8. The van der Waals surface area contributed by atoms with E-state index in [4.69, 9.17) is 17.3 Å². The van der Waals surface area contributed by atoms with Gasteiger partial charge in [0.15, 0.2) is 4.77 Å². The van der Waals surface area contributed by atoms with Gasteiger partial charge in [0, 0.05) is 13.5 Å².